The number of methoxy groups -OCH3 is 1. The smallest absolute Gasteiger partial charge is 0.319 e. The zero-order valence-corrected chi connectivity index (χ0v) is 12.4. The highest BCUT2D eigenvalue weighted by molar-refractivity contribution is 5.90. The molecule has 5 heteroatoms. The van der Waals surface area contributed by atoms with Gasteiger partial charge in [0.15, 0.2) is 0 Å². The summed E-state index contributed by atoms with van der Waals surface area (Å²) in [7, 11) is 1.56. The Bertz CT molecular complexity index is 641. The molecule has 0 atom stereocenters. The molecule has 0 saturated carbocycles. The van der Waals surface area contributed by atoms with Crippen molar-refractivity contribution in [3.63, 3.8) is 0 Å². The van der Waals surface area contributed by atoms with Crippen LogP contribution in [0.15, 0.2) is 36.5 Å². The highest BCUT2D eigenvalue weighted by Crippen LogP contribution is 2.18. The molecule has 0 spiro atoms. The zero-order valence-electron chi connectivity index (χ0n) is 12.4. The van der Waals surface area contributed by atoms with E-state index >= 15 is 0 Å². The Balaban J connectivity index is 1.98. The van der Waals surface area contributed by atoms with E-state index in [-0.39, 0.29) is 6.03 Å². The van der Waals surface area contributed by atoms with Crippen molar-refractivity contribution in [3.05, 3.63) is 53.2 Å². The summed E-state index contributed by atoms with van der Waals surface area (Å²) in [5.41, 5.74) is 3.84. The molecule has 110 valence electrons. The fourth-order valence-corrected chi connectivity index (χ4v) is 1.97. The van der Waals surface area contributed by atoms with Gasteiger partial charge in [-0.2, -0.15) is 0 Å². The van der Waals surface area contributed by atoms with Crippen LogP contribution in [0.4, 0.5) is 10.5 Å². The highest BCUT2D eigenvalue weighted by atomic mass is 16.5. The van der Waals surface area contributed by atoms with E-state index in [4.69, 9.17) is 4.74 Å². The van der Waals surface area contributed by atoms with Crippen LogP contribution >= 0.6 is 0 Å². The molecule has 0 saturated heterocycles. The van der Waals surface area contributed by atoms with Crippen LogP contribution in [-0.2, 0) is 6.54 Å². The first-order chi connectivity index (χ1) is 10.1. The van der Waals surface area contributed by atoms with E-state index in [1.807, 2.05) is 44.2 Å². The molecular formula is C16H19N3O2. The van der Waals surface area contributed by atoms with Crippen molar-refractivity contribution >= 4 is 11.7 Å². The van der Waals surface area contributed by atoms with Gasteiger partial charge in [-0.05, 0) is 37.1 Å². The molecule has 5 nitrogen and oxygen atoms in total. The lowest BCUT2D eigenvalue weighted by Gasteiger charge is -2.12. The summed E-state index contributed by atoms with van der Waals surface area (Å²) in [6.07, 6.45) is 1.65. The second-order valence-corrected chi connectivity index (χ2v) is 4.73. The van der Waals surface area contributed by atoms with Crippen molar-refractivity contribution in [2.75, 3.05) is 12.4 Å². The minimum Gasteiger partial charge on any atom is -0.481 e. The number of ether oxygens (including phenoxy) is 1. The second-order valence-electron chi connectivity index (χ2n) is 4.73. The van der Waals surface area contributed by atoms with E-state index in [0.717, 1.165) is 22.4 Å². The summed E-state index contributed by atoms with van der Waals surface area (Å²) < 4.78 is 5.15. The zero-order chi connectivity index (χ0) is 15.2. The number of urea groups is 1. The predicted octanol–water partition coefficient (Wildman–Crippen LogP) is 3.03. The van der Waals surface area contributed by atoms with E-state index in [2.05, 4.69) is 15.6 Å². The summed E-state index contributed by atoms with van der Waals surface area (Å²) >= 11 is 0. The summed E-state index contributed by atoms with van der Waals surface area (Å²) in [6.45, 7) is 4.35. The fraction of sp³-hybridized carbons (Fsp3) is 0.250. The summed E-state index contributed by atoms with van der Waals surface area (Å²) in [5, 5.41) is 5.65. The van der Waals surface area contributed by atoms with Crippen LogP contribution in [-0.4, -0.2) is 18.1 Å². The molecule has 0 bridgehead atoms. The number of nitrogens with one attached hydrogen (secondary N) is 2. The van der Waals surface area contributed by atoms with E-state index < -0.39 is 0 Å². The number of aromatic nitrogens is 1. The number of anilines is 1. The Morgan fingerprint density at radius 2 is 2.05 bits per heavy atom. The van der Waals surface area contributed by atoms with Crippen LogP contribution < -0.4 is 15.4 Å². The Morgan fingerprint density at radius 3 is 2.81 bits per heavy atom. The average Bonchev–Trinajstić information content (AvgIpc) is 2.50. The van der Waals surface area contributed by atoms with Gasteiger partial charge < -0.3 is 15.4 Å². The van der Waals surface area contributed by atoms with Crippen LogP contribution in [0.5, 0.6) is 5.88 Å². The minimum absolute atomic E-state index is 0.255. The predicted molar refractivity (Wildman–Crippen MR) is 82.6 cm³/mol. The maximum absolute atomic E-state index is 12.0. The SMILES string of the molecule is COc1ncccc1CNC(=O)Nc1cccc(C)c1C. The maximum Gasteiger partial charge on any atom is 0.319 e. The van der Waals surface area contributed by atoms with Gasteiger partial charge in [0.2, 0.25) is 5.88 Å². The van der Waals surface area contributed by atoms with Crippen molar-refractivity contribution in [2.45, 2.75) is 20.4 Å². The van der Waals surface area contributed by atoms with E-state index in [9.17, 15) is 4.79 Å². The molecule has 0 fully saturated rings. The van der Waals surface area contributed by atoms with Crippen molar-refractivity contribution in [1.82, 2.24) is 10.3 Å². The normalized spacial score (nSPS) is 10.0. The fourth-order valence-electron chi connectivity index (χ4n) is 1.97. The van der Waals surface area contributed by atoms with Gasteiger partial charge in [-0.1, -0.05) is 18.2 Å². The molecule has 0 aliphatic heterocycles. The second kappa shape index (κ2) is 6.74. The number of pyridine rings is 1. The lowest BCUT2D eigenvalue weighted by atomic mass is 10.1. The maximum atomic E-state index is 12.0. The van der Waals surface area contributed by atoms with Gasteiger partial charge in [0.25, 0.3) is 0 Å². The molecule has 1 aromatic carbocycles. The van der Waals surface area contributed by atoms with Crippen molar-refractivity contribution < 1.29 is 9.53 Å². The number of hydrogen-bond donors (Lipinski definition) is 2. The van der Waals surface area contributed by atoms with Crippen LogP contribution in [0, 0.1) is 13.8 Å². The van der Waals surface area contributed by atoms with Crippen LogP contribution in [0.3, 0.4) is 0 Å². The molecular weight excluding hydrogens is 266 g/mol. The van der Waals surface area contributed by atoms with Gasteiger partial charge in [0.05, 0.1) is 7.11 Å². The Hall–Kier alpha value is -2.56. The van der Waals surface area contributed by atoms with Crippen LogP contribution in [0.2, 0.25) is 0 Å². The van der Waals surface area contributed by atoms with Crippen molar-refractivity contribution in [2.24, 2.45) is 0 Å². The standard InChI is InChI=1S/C16H19N3O2/c1-11-6-4-8-14(12(11)2)19-16(20)18-10-13-7-5-9-17-15(13)21-3/h4-9H,10H2,1-3H3,(H2,18,19,20). The first-order valence-electron chi connectivity index (χ1n) is 6.70. The Morgan fingerprint density at radius 1 is 1.24 bits per heavy atom. The molecule has 0 aliphatic rings. The van der Waals surface area contributed by atoms with E-state index in [0.29, 0.717) is 12.4 Å². The third-order valence-corrected chi connectivity index (χ3v) is 3.34. The molecule has 1 heterocycles. The highest BCUT2D eigenvalue weighted by Gasteiger charge is 2.08. The average molecular weight is 285 g/mol. The van der Waals surface area contributed by atoms with Crippen molar-refractivity contribution in [1.29, 1.82) is 0 Å². The lowest BCUT2D eigenvalue weighted by molar-refractivity contribution is 0.251. The monoisotopic (exact) mass is 285 g/mol. The van der Waals surface area contributed by atoms with Crippen molar-refractivity contribution in [3.8, 4) is 5.88 Å². The first-order valence-corrected chi connectivity index (χ1v) is 6.70. The number of carbonyl (C=O) groups excluding carboxylic acids is 1. The van der Waals surface area contributed by atoms with Gasteiger partial charge >= 0.3 is 6.03 Å². The van der Waals surface area contributed by atoms with E-state index in [1.54, 1.807) is 13.3 Å². The van der Waals surface area contributed by atoms with Gasteiger partial charge in [0.1, 0.15) is 0 Å². The summed E-state index contributed by atoms with van der Waals surface area (Å²) in [6, 6.07) is 9.23. The molecule has 1 aromatic heterocycles. The largest absolute Gasteiger partial charge is 0.481 e. The van der Waals surface area contributed by atoms with Gasteiger partial charge in [-0.15, -0.1) is 0 Å². The number of carbonyl (C=O) groups is 1. The third-order valence-electron chi connectivity index (χ3n) is 3.34. The molecule has 2 rings (SSSR count). The molecule has 0 aliphatic carbocycles. The number of hydrogen-bond acceptors (Lipinski definition) is 3. The third kappa shape index (κ3) is 3.72. The first kappa shape index (κ1) is 14.8. The molecule has 21 heavy (non-hydrogen) atoms. The number of rotatable bonds is 4. The molecule has 2 aromatic rings. The molecule has 0 unspecified atom stereocenters. The quantitative estimate of drug-likeness (QED) is 0.907. The van der Waals surface area contributed by atoms with Gasteiger partial charge in [-0.3, -0.25) is 0 Å². The summed E-state index contributed by atoms with van der Waals surface area (Å²) in [4.78, 5) is 16.1. The number of amides is 2. The lowest BCUT2D eigenvalue weighted by Crippen LogP contribution is -2.28. The number of benzene rings is 1. The Labute approximate surface area is 124 Å². The van der Waals surface area contributed by atoms with Gasteiger partial charge in [0, 0.05) is 24.0 Å². The topological polar surface area (TPSA) is 63.2 Å². The van der Waals surface area contributed by atoms with Crippen LogP contribution in [0.25, 0.3) is 0 Å². The number of aryl methyl sites for hydroxylation is 1. The van der Waals surface area contributed by atoms with Gasteiger partial charge in [-0.25, -0.2) is 9.78 Å². The number of nitrogens with zero attached hydrogens (tertiary/aromatic N) is 1. The van der Waals surface area contributed by atoms with Crippen LogP contribution in [0.1, 0.15) is 16.7 Å². The minimum atomic E-state index is -0.255. The molecule has 2 N–H and O–H groups in total. The molecule has 0 radical (unpaired) electrons. The Kier molecular flexibility index (Phi) is 4.77. The van der Waals surface area contributed by atoms with E-state index in [1.165, 1.54) is 0 Å². The summed E-state index contributed by atoms with van der Waals surface area (Å²) in [5.74, 6) is 0.518. The molecule has 2 amide bonds.